The van der Waals surface area contributed by atoms with Crippen molar-refractivity contribution in [2.24, 2.45) is 0 Å². The van der Waals surface area contributed by atoms with E-state index in [1.807, 2.05) is 0 Å². The molecular formula is C12H17NS. The minimum absolute atomic E-state index is 0.612. The summed E-state index contributed by atoms with van der Waals surface area (Å²) in [6, 6.07) is 10.7. The first kappa shape index (κ1) is 10.1. The van der Waals surface area contributed by atoms with E-state index in [-0.39, 0.29) is 0 Å². The fourth-order valence-corrected chi connectivity index (χ4v) is 3.11. The third kappa shape index (κ3) is 2.76. The van der Waals surface area contributed by atoms with E-state index in [0.29, 0.717) is 5.37 Å². The second-order valence-corrected chi connectivity index (χ2v) is 5.51. The van der Waals surface area contributed by atoms with Crippen LogP contribution >= 0.6 is 11.8 Å². The molecule has 0 radical (unpaired) electrons. The van der Waals surface area contributed by atoms with E-state index in [1.54, 1.807) is 0 Å². The third-order valence-electron chi connectivity index (χ3n) is 2.58. The van der Waals surface area contributed by atoms with Crippen LogP contribution in [0.15, 0.2) is 30.3 Å². The molecule has 1 aromatic carbocycles. The Morgan fingerprint density at radius 2 is 2.14 bits per heavy atom. The summed E-state index contributed by atoms with van der Waals surface area (Å²) in [5, 5.41) is 4.98. The van der Waals surface area contributed by atoms with Gasteiger partial charge in [-0.15, -0.1) is 11.8 Å². The minimum atomic E-state index is 0.612. The number of thioether (sulfide) groups is 1. The smallest absolute Gasteiger partial charge is 0.0575 e. The molecule has 2 atom stereocenters. The monoisotopic (exact) mass is 207 g/mol. The summed E-state index contributed by atoms with van der Waals surface area (Å²) >= 11 is 2.07. The number of rotatable bonds is 2. The Morgan fingerprint density at radius 3 is 2.86 bits per heavy atom. The summed E-state index contributed by atoms with van der Waals surface area (Å²) in [6.07, 6.45) is 2.45. The summed E-state index contributed by atoms with van der Waals surface area (Å²) in [7, 11) is 0. The SMILES string of the molecule is CC1CCNC(Cc2ccccc2)S1. The largest absolute Gasteiger partial charge is 0.305 e. The molecule has 0 aromatic heterocycles. The Hall–Kier alpha value is -0.470. The van der Waals surface area contributed by atoms with Crippen LogP contribution in [0.5, 0.6) is 0 Å². The van der Waals surface area contributed by atoms with Gasteiger partial charge < -0.3 is 5.32 Å². The summed E-state index contributed by atoms with van der Waals surface area (Å²) < 4.78 is 0. The molecule has 2 unspecified atom stereocenters. The molecule has 1 nitrogen and oxygen atoms in total. The van der Waals surface area contributed by atoms with E-state index in [1.165, 1.54) is 18.5 Å². The van der Waals surface area contributed by atoms with Crippen molar-refractivity contribution in [3.05, 3.63) is 35.9 Å². The van der Waals surface area contributed by atoms with Crippen molar-refractivity contribution in [3.63, 3.8) is 0 Å². The fourth-order valence-electron chi connectivity index (χ4n) is 1.79. The highest BCUT2D eigenvalue weighted by atomic mass is 32.2. The first-order valence-corrected chi connectivity index (χ1v) is 6.21. The van der Waals surface area contributed by atoms with Gasteiger partial charge in [-0.1, -0.05) is 37.3 Å². The predicted octanol–water partition coefficient (Wildman–Crippen LogP) is 2.67. The lowest BCUT2D eigenvalue weighted by Crippen LogP contribution is -2.36. The van der Waals surface area contributed by atoms with Gasteiger partial charge in [0, 0.05) is 5.25 Å². The maximum Gasteiger partial charge on any atom is 0.0575 e. The van der Waals surface area contributed by atoms with E-state index in [2.05, 4.69) is 54.3 Å². The number of hydrogen-bond donors (Lipinski definition) is 1. The molecular weight excluding hydrogens is 190 g/mol. The second-order valence-electron chi connectivity index (χ2n) is 3.87. The molecule has 1 aliphatic rings. The molecule has 1 N–H and O–H groups in total. The molecule has 0 amide bonds. The van der Waals surface area contributed by atoms with Gasteiger partial charge in [0.25, 0.3) is 0 Å². The Kier molecular flexibility index (Phi) is 3.49. The maximum atomic E-state index is 3.56. The lowest BCUT2D eigenvalue weighted by atomic mass is 10.1. The molecule has 2 heteroatoms. The Bertz CT molecular complexity index is 273. The van der Waals surface area contributed by atoms with Crippen molar-refractivity contribution in [1.82, 2.24) is 5.32 Å². The van der Waals surface area contributed by atoms with Crippen LogP contribution in [0.1, 0.15) is 18.9 Å². The van der Waals surface area contributed by atoms with Crippen molar-refractivity contribution in [3.8, 4) is 0 Å². The number of benzene rings is 1. The van der Waals surface area contributed by atoms with Gasteiger partial charge in [0.2, 0.25) is 0 Å². The molecule has 0 bridgehead atoms. The van der Waals surface area contributed by atoms with Gasteiger partial charge in [-0.05, 0) is 24.9 Å². The molecule has 76 valence electrons. The second kappa shape index (κ2) is 4.85. The van der Waals surface area contributed by atoms with E-state index in [0.717, 1.165) is 11.7 Å². The van der Waals surface area contributed by atoms with Crippen molar-refractivity contribution < 1.29 is 0 Å². The van der Waals surface area contributed by atoms with Crippen LogP contribution in [0.4, 0.5) is 0 Å². The molecule has 1 fully saturated rings. The molecule has 0 aliphatic carbocycles. The van der Waals surface area contributed by atoms with Gasteiger partial charge in [0.1, 0.15) is 0 Å². The zero-order valence-corrected chi connectivity index (χ0v) is 9.39. The first-order chi connectivity index (χ1) is 6.84. The standard InChI is InChI=1S/C12H17NS/c1-10-7-8-13-12(14-10)9-11-5-3-2-4-6-11/h2-6,10,12-13H,7-9H2,1H3. The lowest BCUT2D eigenvalue weighted by Gasteiger charge is -2.27. The van der Waals surface area contributed by atoms with Crippen molar-refractivity contribution >= 4 is 11.8 Å². The van der Waals surface area contributed by atoms with Crippen LogP contribution in [0, 0.1) is 0 Å². The fraction of sp³-hybridized carbons (Fsp3) is 0.500. The molecule has 0 spiro atoms. The average Bonchev–Trinajstić information content (AvgIpc) is 2.19. The summed E-state index contributed by atoms with van der Waals surface area (Å²) in [6.45, 7) is 3.50. The highest BCUT2D eigenvalue weighted by Gasteiger charge is 2.18. The summed E-state index contributed by atoms with van der Waals surface area (Å²) in [5.41, 5.74) is 1.44. The summed E-state index contributed by atoms with van der Waals surface area (Å²) in [5.74, 6) is 0. The molecule has 2 rings (SSSR count). The Morgan fingerprint density at radius 1 is 1.36 bits per heavy atom. The highest BCUT2D eigenvalue weighted by Crippen LogP contribution is 2.24. The van der Waals surface area contributed by atoms with Crippen LogP contribution in [0.25, 0.3) is 0 Å². The topological polar surface area (TPSA) is 12.0 Å². The van der Waals surface area contributed by atoms with Crippen LogP contribution in [-0.4, -0.2) is 17.2 Å². The predicted molar refractivity (Wildman–Crippen MR) is 63.6 cm³/mol. The van der Waals surface area contributed by atoms with Crippen molar-refractivity contribution in [1.29, 1.82) is 0 Å². The van der Waals surface area contributed by atoms with Crippen LogP contribution < -0.4 is 5.32 Å². The van der Waals surface area contributed by atoms with Crippen molar-refractivity contribution in [2.75, 3.05) is 6.54 Å². The number of nitrogens with one attached hydrogen (secondary N) is 1. The normalized spacial score (nSPS) is 27.5. The van der Waals surface area contributed by atoms with Gasteiger partial charge in [-0.25, -0.2) is 0 Å². The minimum Gasteiger partial charge on any atom is -0.305 e. The Labute approximate surface area is 90.3 Å². The van der Waals surface area contributed by atoms with Gasteiger partial charge in [0.05, 0.1) is 5.37 Å². The van der Waals surface area contributed by atoms with Gasteiger partial charge in [0.15, 0.2) is 0 Å². The van der Waals surface area contributed by atoms with Crippen LogP contribution in [0.3, 0.4) is 0 Å². The van der Waals surface area contributed by atoms with Crippen LogP contribution in [-0.2, 0) is 6.42 Å². The quantitative estimate of drug-likeness (QED) is 0.800. The molecule has 1 heterocycles. The van der Waals surface area contributed by atoms with Gasteiger partial charge in [-0.2, -0.15) is 0 Å². The molecule has 1 saturated heterocycles. The zero-order chi connectivity index (χ0) is 9.80. The first-order valence-electron chi connectivity index (χ1n) is 5.27. The molecule has 0 saturated carbocycles. The Balaban J connectivity index is 1.91. The zero-order valence-electron chi connectivity index (χ0n) is 8.57. The lowest BCUT2D eigenvalue weighted by molar-refractivity contribution is 0.585. The van der Waals surface area contributed by atoms with E-state index in [4.69, 9.17) is 0 Å². The van der Waals surface area contributed by atoms with E-state index in [9.17, 15) is 0 Å². The van der Waals surface area contributed by atoms with E-state index < -0.39 is 0 Å². The highest BCUT2D eigenvalue weighted by molar-refractivity contribution is 8.00. The maximum absolute atomic E-state index is 3.56. The summed E-state index contributed by atoms with van der Waals surface area (Å²) in [4.78, 5) is 0. The third-order valence-corrected chi connectivity index (χ3v) is 3.95. The van der Waals surface area contributed by atoms with Crippen LogP contribution in [0.2, 0.25) is 0 Å². The van der Waals surface area contributed by atoms with E-state index >= 15 is 0 Å². The molecule has 1 aromatic rings. The molecule has 14 heavy (non-hydrogen) atoms. The average molecular weight is 207 g/mol. The van der Waals surface area contributed by atoms with Crippen molar-refractivity contribution in [2.45, 2.75) is 30.4 Å². The van der Waals surface area contributed by atoms with Gasteiger partial charge >= 0.3 is 0 Å². The molecule has 1 aliphatic heterocycles. The number of hydrogen-bond acceptors (Lipinski definition) is 2. The van der Waals surface area contributed by atoms with Gasteiger partial charge in [-0.3, -0.25) is 0 Å².